The Hall–Kier alpha value is -2.43. The average Bonchev–Trinajstić information content (AvgIpc) is 2.87. The number of hydrogen-bond acceptors (Lipinski definition) is 2. The Morgan fingerprint density at radius 2 is 2.00 bits per heavy atom. The highest BCUT2D eigenvalue weighted by atomic mass is 19.1. The third-order valence-corrected chi connectivity index (χ3v) is 3.27. The maximum Gasteiger partial charge on any atom is 0.247 e. The molecule has 2 N–H and O–H groups in total. The molecule has 0 saturated carbocycles. The van der Waals surface area contributed by atoms with Crippen LogP contribution in [0, 0.1) is 11.6 Å². The Balaban J connectivity index is 1.74. The van der Waals surface area contributed by atoms with E-state index in [0.29, 0.717) is 6.42 Å². The first-order valence-electron chi connectivity index (χ1n) is 6.24. The number of benzene rings is 2. The zero-order valence-electron chi connectivity index (χ0n) is 10.5. The summed E-state index contributed by atoms with van der Waals surface area (Å²) in [7, 11) is 0. The van der Waals surface area contributed by atoms with E-state index in [2.05, 4.69) is 10.6 Å². The summed E-state index contributed by atoms with van der Waals surface area (Å²) in [5.41, 5.74) is 1.78. The van der Waals surface area contributed by atoms with Gasteiger partial charge in [0.1, 0.15) is 17.7 Å². The van der Waals surface area contributed by atoms with Crippen LogP contribution in [0.25, 0.3) is 0 Å². The van der Waals surface area contributed by atoms with Crippen LogP contribution in [0.5, 0.6) is 0 Å². The van der Waals surface area contributed by atoms with Gasteiger partial charge in [-0.1, -0.05) is 18.2 Å². The van der Waals surface area contributed by atoms with Crippen molar-refractivity contribution in [2.75, 3.05) is 10.6 Å². The molecule has 1 aliphatic rings. The monoisotopic (exact) mass is 274 g/mol. The fourth-order valence-electron chi connectivity index (χ4n) is 2.27. The average molecular weight is 274 g/mol. The van der Waals surface area contributed by atoms with Gasteiger partial charge >= 0.3 is 0 Å². The van der Waals surface area contributed by atoms with Gasteiger partial charge in [-0.05, 0) is 23.8 Å². The van der Waals surface area contributed by atoms with Crippen molar-refractivity contribution in [2.24, 2.45) is 0 Å². The molecule has 0 radical (unpaired) electrons. The van der Waals surface area contributed by atoms with Crippen molar-refractivity contribution in [1.82, 2.24) is 0 Å². The zero-order chi connectivity index (χ0) is 14.1. The van der Waals surface area contributed by atoms with E-state index in [4.69, 9.17) is 0 Å². The number of carbonyl (C=O) groups excluding carboxylic acids is 1. The highest BCUT2D eigenvalue weighted by molar-refractivity contribution is 5.98. The molecule has 1 atom stereocenters. The number of anilines is 2. The van der Waals surface area contributed by atoms with Gasteiger partial charge in [-0.3, -0.25) is 4.79 Å². The summed E-state index contributed by atoms with van der Waals surface area (Å²) in [6.07, 6.45) is 0.527. The Kier molecular flexibility index (Phi) is 3.10. The second kappa shape index (κ2) is 4.92. The van der Waals surface area contributed by atoms with Crippen LogP contribution in [-0.4, -0.2) is 11.9 Å². The van der Waals surface area contributed by atoms with Crippen LogP contribution in [0.4, 0.5) is 20.2 Å². The second-order valence-corrected chi connectivity index (χ2v) is 4.67. The SMILES string of the molecule is O=C(Nc1cc(F)ccc1F)C1Cc2ccccc2N1. The van der Waals surface area contributed by atoms with E-state index in [1.165, 1.54) is 0 Å². The van der Waals surface area contributed by atoms with Crippen molar-refractivity contribution in [1.29, 1.82) is 0 Å². The first kappa shape index (κ1) is 12.6. The molecule has 1 amide bonds. The van der Waals surface area contributed by atoms with Crippen LogP contribution in [0.2, 0.25) is 0 Å². The van der Waals surface area contributed by atoms with Gasteiger partial charge in [0.2, 0.25) is 5.91 Å². The maximum absolute atomic E-state index is 13.5. The van der Waals surface area contributed by atoms with E-state index in [9.17, 15) is 13.6 Å². The predicted molar refractivity (Wildman–Crippen MR) is 72.5 cm³/mol. The molecule has 0 bridgehead atoms. The highest BCUT2D eigenvalue weighted by Crippen LogP contribution is 2.26. The number of amides is 1. The molecule has 3 nitrogen and oxygen atoms in total. The van der Waals surface area contributed by atoms with Crippen LogP contribution in [0.15, 0.2) is 42.5 Å². The van der Waals surface area contributed by atoms with E-state index in [0.717, 1.165) is 29.4 Å². The molecule has 3 rings (SSSR count). The minimum Gasteiger partial charge on any atom is -0.373 e. The largest absolute Gasteiger partial charge is 0.373 e. The third-order valence-electron chi connectivity index (χ3n) is 3.27. The lowest BCUT2D eigenvalue weighted by atomic mass is 10.1. The third kappa shape index (κ3) is 2.34. The lowest BCUT2D eigenvalue weighted by Gasteiger charge is -2.12. The van der Waals surface area contributed by atoms with E-state index in [1.807, 2.05) is 24.3 Å². The molecule has 0 spiro atoms. The van der Waals surface area contributed by atoms with Crippen molar-refractivity contribution in [3.63, 3.8) is 0 Å². The van der Waals surface area contributed by atoms with Gasteiger partial charge in [-0.25, -0.2) is 8.78 Å². The predicted octanol–water partition coefficient (Wildman–Crippen LogP) is 2.94. The van der Waals surface area contributed by atoms with Crippen molar-refractivity contribution < 1.29 is 13.6 Å². The molecule has 5 heteroatoms. The molecule has 1 aliphatic heterocycles. The molecule has 102 valence electrons. The highest BCUT2D eigenvalue weighted by Gasteiger charge is 2.26. The molecule has 20 heavy (non-hydrogen) atoms. The Bertz CT molecular complexity index is 648. The Labute approximate surface area is 114 Å². The van der Waals surface area contributed by atoms with Crippen molar-refractivity contribution in [2.45, 2.75) is 12.5 Å². The molecular formula is C15H12F2N2O. The number of para-hydroxylation sites is 1. The van der Waals surface area contributed by atoms with Gasteiger partial charge < -0.3 is 10.6 Å². The number of hydrogen-bond donors (Lipinski definition) is 2. The molecular weight excluding hydrogens is 262 g/mol. The van der Waals surface area contributed by atoms with E-state index < -0.39 is 17.7 Å². The smallest absolute Gasteiger partial charge is 0.247 e. The van der Waals surface area contributed by atoms with E-state index >= 15 is 0 Å². The topological polar surface area (TPSA) is 41.1 Å². The van der Waals surface area contributed by atoms with Gasteiger partial charge in [0.05, 0.1) is 5.69 Å². The first-order chi connectivity index (χ1) is 9.63. The van der Waals surface area contributed by atoms with Gasteiger partial charge in [0, 0.05) is 18.2 Å². The zero-order valence-corrected chi connectivity index (χ0v) is 10.5. The van der Waals surface area contributed by atoms with Gasteiger partial charge in [0.25, 0.3) is 0 Å². The van der Waals surface area contributed by atoms with Crippen LogP contribution in [0.1, 0.15) is 5.56 Å². The van der Waals surface area contributed by atoms with Gasteiger partial charge in [-0.2, -0.15) is 0 Å². The van der Waals surface area contributed by atoms with Crippen LogP contribution in [-0.2, 0) is 11.2 Å². The van der Waals surface area contributed by atoms with E-state index in [1.54, 1.807) is 0 Å². The van der Waals surface area contributed by atoms with Crippen molar-refractivity contribution in [3.8, 4) is 0 Å². The normalized spacial score (nSPS) is 16.4. The summed E-state index contributed by atoms with van der Waals surface area (Å²) >= 11 is 0. The summed E-state index contributed by atoms with van der Waals surface area (Å²) in [5.74, 6) is -1.63. The number of rotatable bonds is 2. The Morgan fingerprint density at radius 3 is 2.80 bits per heavy atom. The molecule has 0 fully saturated rings. The second-order valence-electron chi connectivity index (χ2n) is 4.67. The van der Waals surface area contributed by atoms with Crippen molar-refractivity contribution >= 4 is 17.3 Å². The fraction of sp³-hybridized carbons (Fsp3) is 0.133. The lowest BCUT2D eigenvalue weighted by molar-refractivity contribution is -0.116. The Morgan fingerprint density at radius 1 is 1.20 bits per heavy atom. The van der Waals surface area contributed by atoms with Crippen LogP contribution in [0.3, 0.4) is 0 Å². The van der Waals surface area contributed by atoms with Gasteiger partial charge in [-0.15, -0.1) is 0 Å². The minimum atomic E-state index is -0.657. The summed E-state index contributed by atoms with van der Waals surface area (Å²) < 4.78 is 26.5. The number of fused-ring (bicyclic) bond motifs is 1. The van der Waals surface area contributed by atoms with Crippen LogP contribution < -0.4 is 10.6 Å². The summed E-state index contributed by atoms with van der Waals surface area (Å²) in [5, 5.41) is 5.47. The molecule has 0 aliphatic carbocycles. The number of nitrogens with one attached hydrogen (secondary N) is 2. The summed E-state index contributed by atoms with van der Waals surface area (Å²) in [6, 6.07) is 10.1. The maximum atomic E-state index is 13.5. The van der Waals surface area contributed by atoms with E-state index in [-0.39, 0.29) is 11.6 Å². The molecule has 0 saturated heterocycles. The quantitative estimate of drug-likeness (QED) is 0.884. The summed E-state index contributed by atoms with van der Waals surface area (Å²) in [6.45, 7) is 0. The summed E-state index contributed by atoms with van der Waals surface area (Å²) in [4.78, 5) is 12.1. The van der Waals surface area contributed by atoms with Gasteiger partial charge in [0.15, 0.2) is 0 Å². The molecule has 2 aromatic rings. The minimum absolute atomic E-state index is 0.146. The molecule has 1 heterocycles. The molecule has 0 aromatic heterocycles. The fourth-order valence-corrected chi connectivity index (χ4v) is 2.27. The molecule has 2 aromatic carbocycles. The first-order valence-corrected chi connectivity index (χ1v) is 6.24. The van der Waals surface area contributed by atoms with Crippen molar-refractivity contribution in [3.05, 3.63) is 59.7 Å². The molecule has 1 unspecified atom stereocenters. The number of halogens is 2. The van der Waals surface area contributed by atoms with Crippen LogP contribution >= 0.6 is 0 Å². The standard InChI is InChI=1S/C15H12F2N2O/c16-10-5-6-11(17)13(8-10)19-15(20)14-7-9-3-1-2-4-12(9)18-14/h1-6,8,14,18H,7H2,(H,19,20). The lowest BCUT2D eigenvalue weighted by Crippen LogP contribution is -2.33. The number of carbonyl (C=O) groups is 1.